The van der Waals surface area contributed by atoms with Crippen molar-refractivity contribution in [1.82, 2.24) is 30.4 Å². The van der Waals surface area contributed by atoms with Crippen LogP contribution >= 0.6 is 0 Å². The number of benzene rings is 2. The van der Waals surface area contributed by atoms with E-state index >= 15 is 0 Å². The highest BCUT2D eigenvalue weighted by molar-refractivity contribution is 5.58. The van der Waals surface area contributed by atoms with Crippen LogP contribution in [-0.4, -0.2) is 30.4 Å². The second kappa shape index (κ2) is 6.87. The second-order valence-corrected chi connectivity index (χ2v) is 5.82. The van der Waals surface area contributed by atoms with Gasteiger partial charge in [-0.05, 0) is 40.3 Å². The fraction of sp³-hybridized carbons (Fsp3) is 0.0556. The first kappa shape index (κ1) is 16.7. The quantitative estimate of drug-likeness (QED) is 0.599. The zero-order chi connectivity index (χ0) is 18.8. The van der Waals surface area contributed by atoms with Crippen LogP contribution in [0.2, 0.25) is 0 Å². The van der Waals surface area contributed by atoms with Gasteiger partial charge in [-0.3, -0.25) is 4.79 Å². The van der Waals surface area contributed by atoms with Crippen molar-refractivity contribution in [2.45, 2.75) is 6.54 Å². The largest absolute Gasteiger partial charge is 0.268 e. The highest BCUT2D eigenvalue weighted by Crippen LogP contribution is 2.19. The van der Waals surface area contributed by atoms with Crippen LogP contribution in [0.5, 0.6) is 0 Å². The molecule has 2 aromatic carbocycles. The van der Waals surface area contributed by atoms with E-state index in [1.54, 1.807) is 0 Å². The monoisotopic (exact) mass is 366 g/mol. The van der Waals surface area contributed by atoms with E-state index in [9.17, 15) is 13.6 Å². The Balaban J connectivity index is 1.69. The summed E-state index contributed by atoms with van der Waals surface area (Å²) in [6, 6.07) is 13.1. The van der Waals surface area contributed by atoms with Crippen molar-refractivity contribution in [2.75, 3.05) is 0 Å². The van der Waals surface area contributed by atoms with Gasteiger partial charge in [-0.25, -0.2) is 18.6 Å². The Morgan fingerprint density at radius 2 is 1.78 bits per heavy atom. The van der Waals surface area contributed by atoms with Gasteiger partial charge in [-0.2, -0.15) is 5.10 Å². The summed E-state index contributed by atoms with van der Waals surface area (Å²) in [7, 11) is 0. The Morgan fingerprint density at radius 3 is 2.52 bits per heavy atom. The van der Waals surface area contributed by atoms with Crippen molar-refractivity contribution in [1.29, 1.82) is 0 Å². The van der Waals surface area contributed by atoms with E-state index in [1.165, 1.54) is 16.8 Å². The van der Waals surface area contributed by atoms with Gasteiger partial charge < -0.3 is 0 Å². The van der Waals surface area contributed by atoms with Gasteiger partial charge in [0.05, 0.1) is 12.2 Å². The summed E-state index contributed by atoms with van der Waals surface area (Å²) in [5, 5.41) is 17.8. The maximum absolute atomic E-state index is 13.5. The minimum atomic E-state index is -0.710. The van der Waals surface area contributed by atoms with Gasteiger partial charge in [0.1, 0.15) is 11.6 Å². The molecule has 134 valence electrons. The van der Waals surface area contributed by atoms with Gasteiger partial charge in [0.25, 0.3) is 5.56 Å². The average Bonchev–Trinajstić information content (AvgIpc) is 3.18. The van der Waals surface area contributed by atoms with E-state index in [2.05, 4.69) is 25.7 Å². The molecule has 2 heterocycles. The summed E-state index contributed by atoms with van der Waals surface area (Å²) in [6.07, 6.45) is 0. The SMILES string of the molecule is O=c1ccc(-c2cc(F)cc(F)c2)nn1Cc1cccc(-c2nnn[nH]2)c1. The molecule has 0 amide bonds. The molecule has 0 aliphatic heterocycles. The third-order valence-corrected chi connectivity index (χ3v) is 3.90. The predicted molar refractivity (Wildman–Crippen MR) is 92.6 cm³/mol. The molecule has 4 rings (SSSR count). The van der Waals surface area contributed by atoms with Gasteiger partial charge in [-0.15, -0.1) is 5.10 Å². The number of aromatic nitrogens is 6. The lowest BCUT2D eigenvalue weighted by atomic mass is 10.1. The van der Waals surface area contributed by atoms with Gasteiger partial charge >= 0.3 is 0 Å². The molecule has 0 atom stereocenters. The fourth-order valence-corrected chi connectivity index (χ4v) is 2.69. The van der Waals surface area contributed by atoms with E-state index in [4.69, 9.17) is 0 Å². The number of nitrogens with one attached hydrogen (secondary N) is 1. The predicted octanol–water partition coefficient (Wildman–Crippen LogP) is 2.42. The number of hydrogen-bond acceptors (Lipinski definition) is 5. The van der Waals surface area contributed by atoms with Crippen LogP contribution in [0, 0.1) is 11.6 Å². The van der Waals surface area contributed by atoms with Crippen LogP contribution in [0.15, 0.2) is 59.4 Å². The van der Waals surface area contributed by atoms with E-state index in [-0.39, 0.29) is 17.7 Å². The summed E-state index contributed by atoms with van der Waals surface area (Å²) in [6.45, 7) is 0.180. The number of hydrogen-bond donors (Lipinski definition) is 1. The fourth-order valence-electron chi connectivity index (χ4n) is 2.69. The summed E-state index contributed by atoms with van der Waals surface area (Å²) < 4.78 is 28.2. The third kappa shape index (κ3) is 3.61. The number of halogens is 2. The second-order valence-electron chi connectivity index (χ2n) is 5.82. The van der Waals surface area contributed by atoms with Crippen LogP contribution < -0.4 is 5.56 Å². The van der Waals surface area contributed by atoms with Gasteiger partial charge in [-0.1, -0.05) is 18.2 Å². The lowest BCUT2D eigenvalue weighted by Crippen LogP contribution is -2.22. The molecule has 0 spiro atoms. The van der Waals surface area contributed by atoms with Crippen LogP contribution in [0.25, 0.3) is 22.6 Å². The first-order chi connectivity index (χ1) is 13.1. The molecule has 0 fully saturated rings. The molecule has 0 radical (unpaired) electrons. The zero-order valence-corrected chi connectivity index (χ0v) is 13.8. The summed E-state index contributed by atoms with van der Waals surface area (Å²) in [5.74, 6) is -0.919. The lowest BCUT2D eigenvalue weighted by Gasteiger charge is -2.08. The minimum Gasteiger partial charge on any atom is -0.268 e. The maximum atomic E-state index is 13.5. The van der Waals surface area contributed by atoms with Gasteiger partial charge in [0, 0.05) is 23.3 Å². The van der Waals surface area contributed by atoms with Gasteiger partial charge in [0.15, 0.2) is 5.82 Å². The molecule has 9 heteroatoms. The average molecular weight is 366 g/mol. The van der Waals surface area contributed by atoms with Crippen LogP contribution in [0.1, 0.15) is 5.56 Å². The molecule has 0 bridgehead atoms. The Kier molecular flexibility index (Phi) is 4.25. The number of aromatic amines is 1. The van der Waals surface area contributed by atoms with E-state index < -0.39 is 11.6 Å². The highest BCUT2D eigenvalue weighted by Gasteiger charge is 2.09. The molecule has 27 heavy (non-hydrogen) atoms. The van der Waals surface area contributed by atoms with E-state index in [1.807, 2.05) is 24.3 Å². The van der Waals surface area contributed by atoms with Crippen molar-refractivity contribution in [3.8, 4) is 22.6 Å². The molecule has 0 aliphatic carbocycles. The third-order valence-electron chi connectivity index (χ3n) is 3.90. The van der Waals surface area contributed by atoms with Crippen molar-refractivity contribution in [3.05, 3.63) is 82.1 Å². The molecule has 0 unspecified atom stereocenters. The standard InChI is InChI=1S/C18H12F2N6O/c19-14-7-13(8-15(20)9-14)16-4-5-17(27)26(23-16)10-11-2-1-3-12(6-11)18-21-24-25-22-18/h1-9H,10H2,(H,21,22,24,25). The van der Waals surface area contributed by atoms with E-state index in [0.717, 1.165) is 29.3 Å². The van der Waals surface area contributed by atoms with Crippen LogP contribution in [-0.2, 0) is 6.54 Å². The molecule has 0 aliphatic rings. The summed E-state index contributed by atoms with van der Waals surface area (Å²) in [5.41, 5.74) is 1.77. The highest BCUT2D eigenvalue weighted by atomic mass is 19.1. The minimum absolute atomic E-state index is 0.180. The summed E-state index contributed by atoms with van der Waals surface area (Å²) in [4.78, 5) is 12.2. The molecule has 0 saturated carbocycles. The van der Waals surface area contributed by atoms with Crippen molar-refractivity contribution < 1.29 is 8.78 Å². The Bertz CT molecular complexity index is 1140. The first-order valence-electron chi connectivity index (χ1n) is 7.96. The maximum Gasteiger partial charge on any atom is 0.267 e. The van der Waals surface area contributed by atoms with Crippen LogP contribution in [0.4, 0.5) is 8.78 Å². The van der Waals surface area contributed by atoms with Crippen LogP contribution in [0.3, 0.4) is 0 Å². The molecule has 0 saturated heterocycles. The molecule has 7 nitrogen and oxygen atoms in total. The van der Waals surface area contributed by atoms with Crippen molar-refractivity contribution in [3.63, 3.8) is 0 Å². The molecular formula is C18H12F2N6O. The molecule has 1 N–H and O–H groups in total. The number of H-pyrrole nitrogens is 1. The topological polar surface area (TPSA) is 89.3 Å². The Labute approximate surface area is 151 Å². The smallest absolute Gasteiger partial charge is 0.267 e. The van der Waals surface area contributed by atoms with E-state index in [0.29, 0.717) is 11.5 Å². The summed E-state index contributed by atoms with van der Waals surface area (Å²) >= 11 is 0. The zero-order valence-electron chi connectivity index (χ0n) is 13.8. The number of tetrazole rings is 1. The molecule has 2 aromatic heterocycles. The number of nitrogens with zero attached hydrogens (tertiary/aromatic N) is 5. The normalized spacial score (nSPS) is 10.9. The van der Waals surface area contributed by atoms with Crippen molar-refractivity contribution in [2.24, 2.45) is 0 Å². The lowest BCUT2D eigenvalue weighted by molar-refractivity contribution is 0.583. The molecular weight excluding hydrogens is 354 g/mol. The van der Waals surface area contributed by atoms with Gasteiger partial charge in [0.2, 0.25) is 0 Å². The Hall–Kier alpha value is -3.75. The molecule has 4 aromatic rings. The Morgan fingerprint density at radius 1 is 0.963 bits per heavy atom. The number of rotatable bonds is 4. The van der Waals surface area contributed by atoms with Crippen molar-refractivity contribution >= 4 is 0 Å². The first-order valence-corrected chi connectivity index (χ1v) is 7.96.